The first-order chi connectivity index (χ1) is 9.61. The predicted octanol–water partition coefficient (Wildman–Crippen LogP) is 2.82. The van der Waals surface area contributed by atoms with Gasteiger partial charge in [-0.25, -0.2) is 4.79 Å². The fourth-order valence-corrected chi connectivity index (χ4v) is 2.14. The monoisotopic (exact) mass is 275 g/mol. The molecule has 0 saturated carbocycles. The summed E-state index contributed by atoms with van der Waals surface area (Å²) in [5.74, 6) is 0. The lowest BCUT2D eigenvalue weighted by molar-refractivity contribution is 0.188. The van der Waals surface area contributed by atoms with Crippen LogP contribution in [0.25, 0.3) is 10.9 Å². The Hall–Kier alpha value is -2.01. The highest BCUT2D eigenvalue weighted by atomic mass is 16.5. The Balaban J connectivity index is 2.26. The molecule has 2 N–H and O–H groups in total. The summed E-state index contributed by atoms with van der Waals surface area (Å²) in [7, 11) is 1.68. The van der Waals surface area contributed by atoms with Gasteiger partial charge in [0, 0.05) is 31.3 Å². The molecule has 0 saturated heterocycles. The van der Waals surface area contributed by atoms with Crippen LogP contribution in [-0.4, -0.2) is 30.4 Å². The van der Waals surface area contributed by atoms with Crippen molar-refractivity contribution in [3.8, 4) is 0 Å². The highest BCUT2D eigenvalue weighted by Gasteiger charge is 2.11. The number of amides is 2. The predicted molar refractivity (Wildman–Crippen MR) is 81.1 cm³/mol. The van der Waals surface area contributed by atoms with Crippen LogP contribution in [0.3, 0.4) is 0 Å². The Morgan fingerprint density at radius 3 is 2.80 bits per heavy atom. The number of carbonyl (C=O) groups is 1. The number of aromatic nitrogens is 1. The van der Waals surface area contributed by atoms with Crippen molar-refractivity contribution < 1.29 is 9.53 Å². The topological polar surface area (TPSA) is 55.3 Å². The van der Waals surface area contributed by atoms with Crippen molar-refractivity contribution in [2.24, 2.45) is 0 Å². The Morgan fingerprint density at radius 1 is 1.35 bits per heavy atom. The molecule has 2 aromatic rings. The van der Waals surface area contributed by atoms with Crippen LogP contribution < -0.4 is 10.6 Å². The number of hydrogen-bond donors (Lipinski definition) is 2. The fraction of sp³-hybridized carbons (Fsp3) is 0.400. The summed E-state index contributed by atoms with van der Waals surface area (Å²) < 4.78 is 7.20. The van der Waals surface area contributed by atoms with Crippen molar-refractivity contribution in [3.63, 3.8) is 0 Å². The van der Waals surface area contributed by atoms with Crippen LogP contribution >= 0.6 is 0 Å². The van der Waals surface area contributed by atoms with Gasteiger partial charge in [-0.05, 0) is 19.9 Å². The average molecular weight is 275 g/mol. The smallest absolute Gasteiger partial charge is 0.319 e. The van der Waals surface area contributed by atoms with Gasteiger partial charge in [-0.1, -0.05) is 18.2 Å². The van der Waals surface area contributed by atoms with Gasteiger partial charge in [0.2, 0.25) is 0 Å². The van der Waals surface area contributed by atoms with Crippen LogP contribution in [0.5, 0.6) is 0 Å². The molecule has 2 amide bonds. The van der Waals surface area contributed by atoms with Crippen LogP contribution in [0.1, 0.15) is 13.8 Å². The van der Waals surface area contributed by atoms with Crippen molar-refractivity contribution in [2.75, 3.05) is 19.0 Å². The number of para-hydroxylation sites is 1. The fourth-order valence-electron chi connectivity index (χ4n) is 2.14. The minimum Gasteiger partial charge on any atom is -0.383 e. The summed E-state index contributed by atoms with van der Waals surface area (Å²) in [4.78, 5) is 11.8. The molecular formula is C15H21N3O2. The minimum atomic E-state index is -0.186. The molecule has 108 valence electrons. The Labute approximate surface area is 118 Å². The van der Waals surface area contributed by atoms with Crippen LogP contribution in [0.15, 0.2) is 30.5 Å². The molecular weight excluding hydrogens is 254 g/mol. The largest absolute Gasteiger partial charge is 0.383 e. The van der Waals surface area contributed by atoms with E-state index in [0.29, 0.717) is 6.61 Å². The van der Waals surface area contributed by atoms with Gasteiger partial charge in [-0.2, -0.15) is 0 Å². The first-order valence-corrected chi connectivity index (χ1v) is 6.76. The lowest BCUT2D eigenvalue weighted by Gasteiger charge is -2.09. The lowest BCUT2D eigenvalue weighted by atomic mass is 10.2. The highest BCUT2D eigenvalue weighted by molar-refractivity contribution is 6.01. The molecule has 1 aromatic heterocycles. The van der Waals surface area contributed by atoms with E-state index in [2.05, 4.69) is 15.2 Å². The minimum absolute atomic E-state index is 0.108. The number of carbonyl (C=O) groups excluding carboxylic acids is 1. The van der Waals surface area contributed by atoms with E-state index in [-0.39, 0.29) is 12.1 Å². The van der Waals surface area contributed by atoms with Crippen molar-refractivity contribution >= 4 is 22.6 Å². The number of fused-ring (bicyclic) bond motifs is 1. The molecule has 0 fully saturated rings. The zero-order chi connectivity index (χ0) is 14.5. The number of nitrogens with zero attached hydrogens (tertiary/aromatic N) is 1. The molecule has 20 heavy (non-hydrogen) atoms. The van der Waals surface area contributed by atoms with E-state index in [1.807, 2.05) is 44.3 Å². The molecule has 1 aromatic carbocycles. The van der Waals surface area contributed by atoms with Crippen LogP contribution in [-0.2, 0) is 11.3 Å². The SMILES string of the molecule is COCCn1cc(NC(=O)NC(C)C)c2ccccc21. The quantitative estimate of drug-likeness (QED) is 0.881. The van der Waals surface area contributed by atoms with Gasteiger partial charge in [0.25, 0.3) is 0 Å². The van der Waals surface area contributed by atoms with E-state index < -0.39 is 0 Å². The highest BCUT2D eigenvalue weighted by Crippen LogP contribution is 2.25. The van der Waals surface area contributed by atoms with Gasteiger partial charge in [0.15, 0.2) is 0 Å². The Kier molecular flexibility index (Phi) is 4.63. The number of rotatable bonds is 5. The van der Waals surface area contributed by atoms with Crippen LogP contribution in [0, 0.1) is 0 Å². The first kappa shape index (κ1) is 14.4. The average Bonchev–Trinajstić information content (AvgIpc) is 2.74. The zero-order valence-electron chi connectivity index (χ0n) is 12.1. The third-order valence-electron chi connectivity index (χ3n) is 2.99. The van der Waals surface area contributed by atoms with Crippen LogP contribution in [0.4, 0.5) is 10.5 Å². The maximum Gasteiger partial charge on any atom is 0.319 e. The van der Waals surface area contributed by atoms with Crippen molar-refractivity contribution in [1.82, 2.24) is 9.88 Å². The van der Waals surface area contributed by atoms with E-state index in [0.717, 1.165) is 23.1 Å². The number of benzene rings is 1. The zero-order valence-corrected chi connectivity index (χ0v) is 12.1. The maximum absolute atomic E-state index is 11.8. The van der Waals surface area contributed by atoms with Crippen molar-refractivity contribution in [1.29, 1.82) is 0 Å². The van der Waals surface area contributed by atoms with E-state index in [1.165, 1.54) is 0 Å². The number of methoxy groups -OCH3 is 1. The Morgan fingerprint density at radius 2 is 2.10 bits per heavy atom. The van der Waals surface area contributed by atoms with Crippen molar-refractivity contribution in [2.45, 2.75) is 26.4 Å². The second kappa shape index (κ2) is 6.43. The summed E-state index contributed by atoms with van der Waals surface area (Å²) in [5.41, 5.74) is 1.90. The molecule has 0 radical (unpaired) electrons. The van der Waals surface area contributed by atoms with Crippen molar-refractivity contribution in [3.05, 3.63) is 30.5 Å². The molecule has 0 spiro atoms. The third-order valence-corrected chi connectivity index (χ3v) is 2.99. The second-order valence-electron chi connectivity index (χ2n) is 5.00. The number of anilines is 1. The van der Waals surface area contributed by atoms with Gasteiger partial charge in [-0.3, -0.25) is 0 Å². The van der Waals surface area contributed by atoms with E-state index >= 15 is 0 Å². The first-order valence-electron chi connectivity index (χ1n) is 6.76. The molecule has 1 heterocycles. The van der Waals surface area contributed by atoms with E-state index in [9.17, 15) is 4.79 Å². The molecule has 0 bridgehead atoms. The maximum atomic E-state index is 11.8. The molecule has 5 nitrogen and oxygen atoms in total. The third kappa shape index (κ3) is 3.30. The molecule has 0 atom stereocenters. The standard InChI is InChI=1S/C15H21N3O2/c1-11(2)16-15(19)17-13-10-18(8-9-20-3)14-7-5-4-6-12(13)14/h4-7,10-11H,8-9H2,1-3H3,(H2,16,17,19). The summed E-state index contributed by atoms with van der Waals surface area (Å²) in [6.07, 6.45) is 1.95. The Bertz CT molecular complexity index is 590. The molecule has 0 aliphatic rings. The summed E-state index contributed by atoms with van der Waals surface area (Å²) in [6.45, 7) is 5.25. The molecule has 2 rings (SSSR count). The van der Waals surface area contributed by atoms with Crippen LogP contribution in [0.2, 0.25) is 0 Å². The van der Waals surface area contributed by atoms with Gasteiger partial charge in [-0.15, -0.1) is 0 Å². The van der Waals surface area contributed by atoms with Gasteiger partial charge < -0.3 is 19.9 Å². The molecule has 0 aliphatic heterocycles. The van der Waals surface area contributed by atoms with Gasteiger partial charge >= 0.3 is 6.03 Å². The molecule has 0 unspecified atom stereocenters. The second-order valence-corrected chi connectivity index (χ2v) is 5.00. The summed E-state index contributed by atoms with van der Waals surface area (Å²) in [6, 6.07) is 7.92. The molecule has 5 heteroatoms. The number of ether oxygens (including phenoxy) is 1. The number of urea groups is 1. The summed E-state index contributed by atoms with van der Waals surface area (Å²) >= 11 is 0. The number of nitrogens with one attached hydrogen (secondary N) is 2. The van der Waals surface area contributed by atoms with E-state index in [1.54, 1.807) is 7.11 Å². The lowest BCUT2D eigenvalue weighted by Crippen LogP contribution is -2.34. The van der Waals surface area contributed by atoms with E-state index in [4.69, 9.17) is 4.74 Å². The normalized spacial score (nSPS) is 11.0. The molecule has 0 aliphatic carbocycles. The van der Waals surface area contributed by atoms with Gasteiger partial charge in [0.1, 0.15) is 0 Å². The summed E-state index contributed by atoms with van der Waals surface area (Å²) in [5, 5.41) is 6.76. The number of hydrogen-bond acceptors (Lipinski definition) is 2. The van der Waals surface area contributed by atoms with Gasteiger partial charge in [0.05, 0.1) is 17.8 Å².